The fraction of sp³-hybridized carbons (Fsp3) is 0.250. The Hall–Kier alpha value is -1.49. The Bertz CT molecular complexity index is 740. The van der Waals surface area contributed by atoms with Gasteiger partial charge in [-0.05, 0) is 65.4 Å². The highest BCUT2D eigenvalue weighted by Crippen LogP contribution is 2.37. The number of rotatable bonds is 3. The first-order valence-corrected chi connectivity index (χ1v) is 7.96. The van der Waals surface area contributed by atoms with Gasteiger partial charge in [0.05, 0.1) is 11.1 Å². The van der Waals surface area contributed by atoms with E-state index in [9.17, 15) is 31.4 Å². The SMILES string of the molecule is Cc1ccc(NC(O)c2cc(C(F)(F)F)cc(C(F)(F)F)c2)cc1I. The predicted molar refractivity (Wildman–Crippen MR) is 88.9 cm³/mol. The van der Waals surface area contributed by atoms with E-state index >= 15 is 0 Å². The van der Waals surface area contributed by atoms with Crippen molar-refractivity contribution >= 4 is 28.3 Å². The molecule has 2 aromatic carbocycles. The lowest BCUT2D eigenvalue weighted by Crippen LogP contribution is -2.16. The number of nitrogens with one attached hydrogen (secondary N) is 1. The van der Waals surface area contributed by atoms with Crippen LogP contribution in [0.15, 0.2) is 36.4 Å². The molecule has 25 heavy (non-hydrogen) atoms. The Kier molecular flexibility index (Phi) is 5.57. The Balaban J connectivity index is 2.40. The number of anilines is 1. The molecule has 0 fully saturated rings. The Morgan fingerprint density at radius 1 is 0.920 bits per heavy atom. The monoisotopic (exact) mass is 475 g/mol. The summed E-state index contributed by atoms with van der Waals surface area (Å²) in [4.78, 5) is 0. The number of alkyl halides is 6. The van der Waals surface area contributed by atoms with Crippen LogP contribution in [0.25, 0.3) is 0 Å². The maximum absolute atomic E-state index is 12.9. The number of aliphatic hydroxyl groups excluding tert-OH is 1. The highest BCUT2D eigenvalue weighted by Gasteiger charge is 2.37. The number of aryl methyl sites for hydroxylation is 1. The van der Waals surface area contributed by atoms with Crippen molar-refractivity contribution < 1.29 is 31.4 Å². The minimum Gasteiger partial charge on any atom is -0.369 e. The maximum atomic E-state index is 12.9. The average Bonchev–Trinajstić information content (AvgIpc) is 2.48. The van der Waals surface area contributed by atoms with E-state index in [0.717, 1.165) is 9.13 Å². The third-order valence-corrected chi connectivity index (χ3v) is 4.56. The van der Waals surface area contributed by atoms with Gasteiger partial charge in [-0.1, -0.05) is 6.07 Å². The van der Waals surface area contributed by atoms with E-state index in [4.69, 9.17) is 0 Å². The van der Waals surface area contributed by atoms with E-state index in [1.54, 1.807) is 18.2 Å². The van der Waals surface area contributed by atoms with E-state index in [1.807, 2.05) is 29.5 Å². The second kappa shape index (κ2) is 7.02. The van der Waals surface area contributed by atoms with Gasteiger partial charge in [0.1, 0.15) is 0 Å². The van der Waals surface area contributed by atoms with E-state index < -0.39 is 35.3 Å². The number of halogens is 7. The molecule has 136 valence electrons. The molecule has 0 saturated heterocycles. The molecule has 2 N–H and O–H groups in total. The van der Waals surface area contributed by atoms with Crippen LogP contribution in [0.3, 0.4) is 0 Å². The number of hydrogen-bond donors (Lipinski definition) is 2. The molecule has 0 aliphatic heterocycles. The molecule has 0 aliphatic rings. The van der Waals surface area contributed by atoms with Crippen molar-refractivity contribution in [3.05, 3.63) is 62.2 Å². The summed E-state index contributed by atoms with van der Waals surface area (Å²) in [5, 5.41) is 12.6. The first kappa shape index (κ1) is 19.8. The minimum absolute atomic E-state index is 0.0189. The number of aliphatic hydroxyl groups is 1. The van der Waals surface area contributed by atoms with Gasteiger partial charge in [0.25, 0.3) is 0 Å². The van der Waals surface area contributed by atoms with Gasteiger partial charge in [0.2, 0.25) is 0 Å². The molecule has 0 spiro atoms. The van der Waals surface area contributed by atoms with Crippen molar-refractivity contribution in [2.45, 2.75) is 25.5 Å². The van der Waals surface area contributed by atoms with Gasteiger partial charge in [0.15, 0.2) is 6.23 Å². The van der Waals surface area contributed by atoms with Crippen LogP contribution in [-0.2, 0) is 12.4 Å². The summed E-state index contributed by atoms with van der Waals surface area (Å²) in [6, 6.07) is 5.91. The molecule has 0 aromatic heterocycles. The largest absolute Gasteiger partial charge is 0.416 e. The van der Waals surface area contributed by atoms with Gasteiger partial charge in [-0.25, -0.2) is 0 Å². The number of hydrogen-bond acceptors (Lipinski definition) is 2. The Morgan fingerprint density at radius 2 is 1.44 bits per heavy atom. The highest BCUT2D eigenvalue weighted by atomic mass is 127. The summed E-state index contributed by atoms with van der Waals surface area (Å²) in [6.45, 7) is 1.84. The zero-order chi connectivity index (χ0) is 19.0. The molecule has 1 unspecified atom stereocenters. The van der Waals surface area contributed by atoms with Crippen molar-refractivity contribution in [3.8, 4) is 0 Å². The molecule has 2 aromatic rings. The molecule has 9 heteroatoms. The molecule has 0 bridgehead atoms. The van der Waals surface area contributed by atoms with E-state index in [1.165, 1.54) is 0 Å². The van der Waals surface area contributed by atoms with Crippen molar-refractivity contribution in [3.63, 3.8) is 0 Å². The molecule has 0 radical (unpaired) electrons. The quantitative estimate of drug-likeness (QED) is 0.337. The van der Waals surface area contributed by atoms with Crippen LogP contribution >= 0.6 is 22.6 Å². The number of benzene rings is 2. The van der Waals surface area contributed by atoms with Crippen molar-refractivity contribution in [1.82, 2.24) is 0 Å². The first-order valence-electron chi connectivity index (χ1n) is 6.88. The lowest BCUT2D eigenvalue weighted by atomic mass is 10.0. The lowest BCUT2D eigenvalue weighted by Gasteiger charge is -2.19. The molecule has 0 amide bonds. The Morgan fingerprint density at radius 3 is 1.88 bits per heavy atom. The van der Waals surface area contributed by atoms with Gasteiger partial charge in [-0.15, -0.1) is 0 Å². The standard InChI is InChI=1S/C16H12F6INO/c1-8-2-3-12(7-13(8)23)24-14(25)9-4-10(15(17,18)19)6-11(5-9)16(20,21)22/h2-7,14,24-25H,1H3. The Labute approximate surface area is 153 Å². The summed E-state index contributed by atoms with van der Waals surface area (Å²) >= 11 is 2.02. The summed E-state index contributed by atoms with van der Waals surface area (Å²) in [5.41, 5.74) is -2.17. The summed E-state index contributed by atoms with van der Waals surface area (Å²) in [5.74, 6) is 0. The van der Waals surface area contributed by atoms with Crippen LogP contribution in [-0.4, -0.2) is 5.11 Å². The van der Waals surface area contributed by atoms with Gasteiger partial charge in [-0.2, -0.15) is 26.3 Å². The smallest absolute Gasteiger partial charge is 0.369 e. The molecule has 1 atom stereocenters. The van der Waals surface area contributed by atoms with Gasteiger partial charge in [-0.3, -0.25) is 0 Å². The molecule has 0 aliphatic carbocycles. The van der Waals surface area contributed by atoms with Crippen LogP contribution in [0.5, 0.6) is 0 Å². The molecule has 0 saturated carbocycles. The topological polar surface area (TPSA) is 32.3 Å². The fourth-order valence-electron chi connectivity index (χ4n) is 2.06. The fourth-order valence-corrected chi connectivity index (χ4v) is 2.58. The molecule has 2 nitrogen and oxygen atoms in total. The van der Waals surface area contributed by atoms with Crippen LogP contribution in [0, 0.1) is 10.5 Å². The average molecular weight is 475 g/mol. The molecule has 0 heterocycles. The van der Waals surface area contributed by atoms with Crippen LogP contribution in [0.2, 0.25) is 0 Å². The third kappa shape index (κ3) is 5.00. The van der Waals surface area contributed by atoms with E-state index in [2.05, 4.69) is 5.32 Å². The zero-order valence-electron chi connectivity index (χ0n) is 12.6. The maximum Gasteiger partial charge on any atom is 0.416 e. The summed E-state index contributed by atoms with van der Waals surface area (Å²) in [7, 11) is 0. The second-order valence-corrected chi connectivity index (χ2v) is 6.51. The van der Waals surface area contributed by atoms with Crippen molar-refractivity contribution in [2.24, 2.45) is 0 Å². The molecular formula is C16H12F6INO. The molecular weight excluding hydrogens is 463 g/mol. The van der Waals surface area contributed by atoms with Crippen molar-refractivity contribution in [2.75, 3.05) is 5.32 Å². The summed E-state index contributed by atoms with van der Waals surface area (Å²) < 4.78 is 77.9. The second-order valence-electron chi connectivity index (χ2n) is 5.35. The molecule has 2 rings (SSSR count). The van der Waals surface area contributed by atoms with Gasteiger partial charge in [0, 0.05) is 14.8 Å². The highest BCUT2D eigenvalue weighted by molar-refractivity contribution is 14.1. The minimum atomic E-state index is -4.96. The predicted octanol–water partition coefficient (Wildman–Crippen LogP) is 5.74. The van der Waals surface area contributed by atoms with Gasteiger partial charge < -0.3 is 10.4 Å². The van der Waals surface area contributed by atoms with E-state index in [0.29, 0.717) is 17.8 Å². The third-order valence-electron chi connectivity index (χ3n) is 3.40. The lowest BCUT2D eigenvalue weighted by molar-refractivity contribution is -0.143. The first-order chi connectivity index (χ1) is 11.4. The zero-order valence-corrected chi connectivity index (χ0v) is 14.8. The van der Waals surface area contributed by atoms with Crippen LogP contribution in [0.1, 0.15) is 28.5 Å². The van der Waals surface area contributed by atoms with E-state index in [-0.39, 0.29) is 6.07 Å². The van der Waals surface area contributed by atoms with Crippen LogP contribution < -0.4 is 5.32 Å². The van der Waals surface area contributed by atoms with Crippen LogP contribution in [0.4, 0.5) is 32.0 Å². The van der Waals surface area contributed by atoms with Gasteiger partial charge >= 0.3 is 12.4 Å². The summed E-state index contributed by atoms with van der Waals surface area (Å²) in [6.07, 6.45) is -11.7. The normalized spacial score (nSPS) is 13.6. The van der Waals surface area contributed by atoms with Crippen molar-refractivity contribution in [1.29, 1.82) is 0 Å².